The number of halogens is 1. The number of imidazole rings is 1. The molecule has 0 aromatic carbocycles. The molecule has 1 aliphatic rings. The van der Waals surface area contributed by atoms with Crippen molar-refractivity contribution in [3.05, 3.63) is 11.5 Å². The van der Waals surface area contributed by atoms with Crippen LogP contribution in [0.1, 0.15) is 63.3 Å². The van der Waals surface area contributed by atoms with E-state index in [1.807, 2.05) is 18.7 Å². The lowest BCUT2D eigenvalue weighted by molar-refractivity contribution is 0.403. The van der Waals surface area contributed by atoms with Gasteiger partial charge in [-0.2, -0.15) is 5.10 Å². The summed E-state index contributed by atoms with van der Waals surface area (Å²) in [6.45, 7) is 7.50. The van der Waals surface area contributed by atoms with Crippen LogP contribution in [-0.2, 0) is 20.0 Å². The Bertz CT molecular complexity index is 649. The van der Waals surface area contributed by atoms with Gasteiger partial charge in [-0.25, -0.2) is 4.98 Å². The number of fused-ring (bicyclic) bond motifs is 1. The first-order valence-corrected chi connectivity index (χ1v) is 8.51. The van der Waals surface area contributed by atoms with Crippen molar-refractivity contribution < 1.29 is 0 Å². The Kier molecular flexibility index (Phi) is 3.76. The highest BCUT2D eigenvalue weighted by molar-refractivity contribution is 6.20. The van der Waals surface area contributed by atoms with E-state index in [4.69, 9.17) is 16.6 Å². The molecule has 5 heteroatoms. The van der Waals surface area contributed by atoms with Crippen LogP contribution in [0.4, 0.5) is 0 Å². The maximum atomic E-state index is 6.40. The summed E-state index contributed by atoms with van der Waals surface area (Å²) in [7, 11) is 2.02. The Balaban J connectivity index is 2.12. The molecule has 116 valence electrons. The molecular formula is C16H25ClN4. The summed E-state index contributed by atoms with van der Waals surface area (Å²) < 4.78 is 4.32. The maximum absolute atomic E-state index is 6.40. The van der Waals surface area contributed by atoms with Crippen LogP contribution in [0.5, 0.6) is 0 Å². The van der Waals surface area contributed by atoms with E-state index in [0.29, 0.717) is 5.41 Å². The van der Waals surface area contributed by atoms with Crippen molar-refractivity contribution in [2.24, 2.45) is 12.5 Å². The quantitative estimate of drug-likeness (QED) is 0.749. The van der Waals surface area contributed by atoms with Gasteiger partial charge < -0.3 is 4.57 Å². The van der Waals surface area contributed by atoms with Gasteiger partial charge in [-0.3, -0.25) is 4.68 Å². The molecular weight excluding hydrogens is 284 g/mol. The van der Waals surface area contributed by atoms with Crippen molar-refractivity contribution in [2.45, 2.75) is 64.8 Å². The highest BCUT2D eigenvalue weighted by Crippen LogP contribution is 2.50. The van der Waals surface area contributed by atoms with E-state index in [1.165, 1.54) is 19.3 Å². The zero-order valence-electron chi connectivity index (χ0n) is 13.5. The number of aryl methyl sites for hydroxylation is 2. The van der Waals surface area contributed by atoms with Gasteiger partial charge in [0.1, 0.15) is 11.3 Å². The fourth-order valence-electron chi connectivity index (χ4n) is 3.26. The Labute approximate surface area is 131 Å². The SMILES string of the molecule is CCCc1nn(C)c2c1nc(C(C)Cl)n2CC1(CC)CC1. The largest absolute Gasteiger partial charge is 0.311 e. The minimum absolute atomic E-state index is 0.0699. The Hall–Kier alpha value is -1.03. The predicted molar refractivity (Wildman–Crippen MR) is 86.7 cm³/mol. The van der Waals surface area contributed by atoms with Crippen LogP contribution in [0.15, 0.2) is 0 Å². The molecule has 0 bridgehead atoms. The normalized spacial score (nSPS) is 18.3. The first-order valence-electron chi connectivity index (χ1n) is 8.07. The third kappa shape index (κ3) is 2.48. The number of aromatic nitrogens is 4. The first-order chi connectivity index (χ1) is 10.0. The molecule has 1 aliphatic carbocycles. The summed E-state index contributed by atoms with van der Waals surface area (Å²) in [5.41, 5.74) is 3.76. The zero-order chi connectivity index (χ0) is 15.2. The molecule has 1 atom stereocenters. The highest BCUT2D eigenvalue weighted by atomic mass is 35.5. The van der Waals surface area contributed by atoms with Crippen LogP contribution < -0.4 is 0 Å². The van der Waals surface area contributed by atoms with Gasteiger partial charge in [0.15, 0.2) is 5.65 Å². The smallest absolute Gasteiger partial charge is 0.158 e. The first kappa shape index (κ1) is 14.9. The molecule has 0 aliphatic heterocycles. The van der Waals surface area contributed by atoms with Gasteiger partial charge in [0, 0.05) is 13.6 Å². The number of hydrogen-bond acceptors (Lipinski definition) is 2. The van der Waals surface area contributed by atoms with Gasteiger partial charge in [0.05, 0.1) is 11.1 Å². The molecule has 0 N–H and O–H groups in total. The average molecular weight is 309 g/mol. The summed E-state index contributed by atoms with van der Waals surface area (Å²) in [4.78, 5) is 4.85. The van der Waals surface area contributed by atoms with E-state index in [2.05, 4.69) is 23.5 Å². The Morgan fingerprint density at radius 1 is 1.33 bits per heavy atom. The molecule has 0 spiro atoms. The van der Waals surface area contributed by atoms with Gasteiger partial charge in [0.2, 0.25) is 0 Å². The molecule has 1 fully saturated rings. The number of alkyl halides is 1. The van der Waals surface area contributed by atoms with Crippen molar-refractivity contribution in [1.29, 1.82) is 0 Å². The second kappa shape index (κ2) is 5.31. The predicted octanol–water partition coefficient (Wildman–Crippen LogP) is 4.21. The molecule has 1 saturated carbocycles. The fourth-order valence-corrected chi connectivity index (χ4v) is 3.43. The molecule has 3 rings (SSSR count). The van der Waals surface area contributed by atoms with Gasteiger partial charge in [0.25, 0.3) is 0 Å². The summed E-state index contributed by atoms with van der Waals surface area (Å²) in [6, 6.07) is 0. The minimum Gasteiger partial charge on any atom is -0.311 e. The molecule has 2 aromatic rings. The van der Waals surface area contributed by atoms with E-state index < -0.39 is 0 Å². The third-order valence-electron chi connectivity index (χ3n) is 4.86. The Morgan fingerprint density at radius 3 is 2.57 bits per heavy atom. The van der Waals surface area contributed by atoms with Crippen LogP contribution in [0, 0.1) is 5.41 Å². The number of rotatable bonds is 6. The summed E-state index contributed by atoms with van der Waals surface area (Å²) in [6.07, 6.45) is 5.92. The third-order valence-corrected chi connectivity index (χ3v) is 5.06. The van der Waals surface area contributed by atoms with Crippen molar-refractivity contribution in [2.75, 3.05) is 0 Å². The monoisotopic (exact) mass is 308 g/mol. The molecule has 0 amide bonds. The van der Waals surface area contributed by atoms with Gasteiger partial charge >= 0.3 is 0 Å². The lowest BCUT2D eigenvalue weighted by Crippen LogP contribution is -2.15. The topological polar surface area (TPSA) is 35.6 Å². The molecule has 2 aromatic heterocycles. The van der Waals surface area contributed by atoms with Crippen LogP contribution in [0.3, 0.4) is 0 Å². The molecule has 21 heavy (non-hydrogen) atoms. The summed E-state index contributed by atoms with van der Waals surface area (Å²) in [5, 5.41) is 4.60. The van der Waals surface area contributed by atoms with Gasteiger partial charge in [-0.05, 0) is 38.0 Å². The Morgan fingerprint density at radius 2 is 2.05 bits per heavy atom. The van der Waals surface area contributed by atoms with Crippen LogP contribution >= 0.6 is 11.6 Å². The number of hydrogen-bond donors (Lipinski definition) is 0. The van der Waals surface area contributed by atoms with Crippen LogP contribution in [0.25, 0.3) is 11.2 Å². The van der Waals surface area contributed by atoms with E-state index in [0.717, 1.165) is 42.1 Å². The van der Waals surface area contributed by atoms with E-state index >= 15 is 0 Å². The highest BCUT2D eigenvalue weighted by Gasteiger charge is 2.42. The second-order valence-corrected chi connectivity index (χ2v) is 7.17. The zero-order valence-corrected chi connectivity index (χ0v) is 14.2. The minimum atomic E-state index is -0.0699. The lowest BCUT2D eigenvalue weighted by Gasteiger charge is -2.17. The van der Waals surface area contributed by atoms with Crippen LogP contribution in [0.2, 0.25) is 0 Å². The molecule has 0 radical (unpaired) electrons. The fraction of sp³-hybridized carbons (Fsp3) is 0.750. The van der Waals surface area contributed by atoms with E-state index in [9.17, 15) is 0 Å². The van der Waals surface area contributed by atoms with Crippen molar-refractivity contribution >= 4 is 22.8 Å². The van der Waals surface area contributed by atoms with Crippen LogP contribution in [-0.4, -0.2) is 19.3 Å². The lowest BCUT2D eigenvalue weighted by atomic mass is 10.0. The summed E-state index contributed by atoms with van der Waals surface area (Å²) >= 11 is 6.40. The van der Waals surface area contributed by atoms with Crippen molar-refractivity contribution in [1.82, 2.24) is 19.3 Å². The maximum Gasteiger partial charge on any atom is 0.158 e. The van der Waals surface area contributed by atoms with E-state index in [1.54, 1.807) is 0 Å². The van der Waals surface area contributed by atoms with Gasteiger partial charge in [-0.1, -0.05) is 20.3 Å². The van der Waals surface area contributed by atoms with Gasteiger partial charge in [-0.15, -0.1) is 11.6 Å². The second-order valence-electron chi connectivity index (χ2n) is 6.52. The molecule has 2 heterocycles. The van der Waals surface area contributed by atoms with Crippen molar-refractivity contribution in [3.8, 4) is 0 Å². The van der Waals surface area contributed by atoms with Crippen molar-refractivity contribution in [3.63, 3.8) is 0 Å². The summed E-state index contributed by atoms with van der Waals surface area (Å²) in [5.74, 6) is 0.997. The number of nitrogens with zero attached hydrogens (tertiary/aromatic N) is 4. The van der Waals surface area contributed by atoms with E-state index in [-0.39, 0.29) is 5.38 Å². The molecule has 1 unspecified atom stereocenters. The molecule has 0 saturated heterocycles. The standard InChI is InChI=1S/C16H25ClN4/c1-5-7-12-13-15(20(4)19-12)21(14(18-13)11(3)17)10-16(6-2)8-9-16/h11H,5-10H2,1-4H3. The average Bonchev–Trinajstić information content (AvgIpc) is 3.01. The molecule has 4 nitrogen and oxygen atoms in total.